The van der Waals surface area contributed by atoms with Crippen LogP contribution in [0.3, 0.4) is 0 Å². The third kappa shape index (κ3) is 17.1. The molecule has 6 nitrogen and oxygen atoms in total. The summed E-state index contributed by atoms with van der Waals surface area (Å²) < 4.78 is 29.1. The minimum Gasteiger partial charge on any atom is -0.375 e. The molecule has 2 N–H and O–H groups in total. The first kappa shape index (κ1) is 32.6. The second kappa shape index (κ2) is 23.4. The molecule has 0 amide bonds. The van der Waals surface area contributed by atoms with E-state index in [0.29, 0.717) is 33.0 Å². The largest absolute Gasteiger partial charge is 0.375 e. The Morgan fingerprint density at radius 1 is 0.656 bits per heavy atom. The fourth-order valence-electron chi connectivity index (χ4n) is 3.67. The van der Waals surface area contributed by atoms with Gasteiger partial charge in [-0.05, 0) is 84.6 Å². The topological polar surface area (TPSA) is 72.2 Å². The molecule has 0 aliphatic carbocycles. The Kier molecular flexibility index (Phi) is 23.8. The lowest BCUT2D eigenvalue weighted by molar-refractivity contribution is -0.136. The average molecular weight is 498 g/mol. The third-order valence-corrected chi connectivity index (χ3v) is 7.74. The highest BCUT2D eigenvalue weighted by atomic mass is 31.1. The summed E-state index contributed by atoms with van der Waals surface area (Å²) in [5.41, 5.74) is 5.95. The molecule has 8 heteroatoms. The first-order valence-corrected chi connectivity index (χ1v) is 15.7. The molecule has 0 heterocycles. The van der Waals surface area contributed by atoms with Crippen molar-refractivity contribution < 1.29 is 23.7 Å². The third-order valence-electron chi connectivity index (χ3n) is 5.25. The normalized spacial score (nSPS) is 14.6. The molecule has 0 saturated carbocycles. The summed E-state index contributed by atoms with van der Waals surface area (Å²) in [5.74, 6) is 0. The molecular formula is C24H53NO5P2. The van der Waals surface area contributed by atoms with Gasteiger partial charge in [-0.2, -0.15) is 0 Å². The first-order valence-electron chi connectivity index (χ1n) is 12.8. The Bertz CT molecular complexity index is 355. The summed E-state index contributed by atoms with van der Waals surface area (Å²) in [4.78, 5) is 0. The number of nitrogens with two attached hydrogens (primary N) is 1. The zero-order chi connectivity index (χ0) is 23.9. The van der Waals surface area contributed by atoms with E-state index in [0.717, 1.165) is 74.6 Å². The molecule has 0 aliphatic heterocycles. The average Bonchev–Trinajstić information content (AvgIpc) is 2.78. The van der Waals surface area contributed by atoms with Gasteiger partial charge in [0.25, 0.3) is 0 Å². The summed E-state index contributed by atoms with van der Waals surface area (Å²) in [5, 5.41) is 0. The molecule has 2 unspecified atom stereocenters. The van der Waals surface area contributed by atoms with Crippen LogP contribution in [0.4, 0.5) is 0 Å². The number of hydrogen-bond donors (Lipinski definition) is 1. The van der Waals surface area contributed by atoms with Crippen molar-refractivity contribution in [2.45, 2.75) is 91.3 Å². The maximum Gasteiger partial charge on any atom is 0.157 e. The van der Waals surface area contributed by atoms with Crippen molar-refractivity contribution in [1.29, 1.82) is 0 Å². The van der Waals surface area contributed by atoms with E-state index in [1.165, 1.54) is 12.3 Å². The Morgan fingerprint density at radius 3 is 1.44 bits per heavy atom. The van der Waals surface area contributed by atoms with Gasteiger partial charge in [0, 0.05) is 45.9 Å². The van der Waals surface area contributed by atoms with Crippen molar-refractivity contribution in [3.63, 3.8) is 0 Å². The molecule has 0 saturated heterocycles. The molecular weight excluding hydrogens is 444 g/mol. The van der Waals surface area contributed by atoms with Crippen LogP contribution in [-0.4, -0.2) is 82.4 Å². The molecule has 0 aliphatic rings. The van der Waals surface area contributed by atoms with Crippen molar-refractivity contribution in [1.82, 2.24) is 0 Å². The fourth-order valence-corrected chi connectivity index (χ4v) is 6.31. The fraction of sp³-hybridized carbons (Fsp3) is 1.00. The van der Waals surface area contributed by atoms with Crippen molar-refractivity contribution in [3.8, 4) is 0 Å². The van der Waals surface area contributed by atoms with Gasteiger partial charge in [0.1, 0.15) is 0 Å². The summed E-state index contributed by atoms with van der Waals surface area (Å²) >= 11 is 0. The zero-order valence-corrected chi connectivity index (χ0v) is 23.6. The lowest BCUT2D eigenvalue weighted by atomic mass is 9.93. The van der Waals surface area contributed by atoms with Crippen molar-refractivity contribution in [2.75, 3.05) is 64.2 Å². The maximum absolute atomic E-state index is 6.46. The standard InChI is InChI=1S/C24H53NO5P2/c1-6-17-30-24(13-16-25,14-20-31-18-11-22(26-7-2)27-8-3)15-21-32-19-12-23(28-9-4)29-10-5/h22-23,31-32H,6-21,25H2,1-5H3. The van der Waals surface area contributed by atoms with Crippen molar-refractivity contribution in [2.24, 2.45) is 5.73 Å². The second-order valence-electron chi connectivity index (χ2n) is 7.83. The van der Waals surface area contributed by atoms with Gasteiger partial charge in [-0.3, -0.25) is 0 Å². The van der Waals surface area contributed by atoms with E-state index in [2.05, 4.69) is 6.92 Å². The summed E-state index contributed by atoms with van der Waals surface area (Å²) in [6.07, 6.45) is 10.7. The minimum atomic E-state index is -0.0662. The molecule has 2 atom stereocenters. The van der Waals surface area contributed by atoms with Gasteiger partial charge in [-0.1, -0.05) is 6.92 Å². The van der Waals surface area contributed by atoms with Gasteiger partial charge in [0.2, 0.25) is 0 Å². The van der Waals surface area contributed by atoms with Crippen LogP contribution in [-0.2, 0) is 23.7 Å². The highest BCUT2D eigenvalue weighted by molar-refractivity contribution is 7.38. The molecule has 0 aromatic rings. The Labute approximate surface area is 202 Å². The van der Waals surface area contributed by atoms with Crippen molar-refractivity contribution in [3.05, 3.63) is 0 Å². The van der Waals surface area contributed by atoms with Crippen LogP contribution in [0.15, 0.2) is 0 Å². The lowest BCUT2D eigenvalue weighted by Crippen LogP contribution is -2.37. The number of hydrogen-bond acceptors (Lipinski definition) is 6. The van der Waals surface area contributed by atoms with Gasteiger partial charge < -0.3 is 29.4 Å². The van der Waals surface area contributed by atoms with E-state index in [4.69, 9.17) is 29.4 Å². The number of ether oxygens (including phenoxy) is 5. The molecule has 0 aromatic carbocycles. The second-order valence-corrected chi connectivity index (χ2v) is 10.8. The Morgan fingerprint density at radius 2 is 1.09 bits per heavy atom. The van der Waals surface area contributed by atoms with E-state index in [9.17, 15) is 0 Å². The molecule has 0 rings (SSSR count). The smallest absolute Gasteiger partial charge is 0.157 e. The summed E-state index contributed by atoms with van der Waals surface area (Å²) in [6, 6.07) is 0. The highest BCUT2D eigenvalue weighted by Gasteiger charge is 2.29. The van der Waals surface area contributed by atoms with Crippen LogP contribution in [0.5, 0.6) is 0 Å². The lowest BCUT2D eigenvalue weighted by Gasteiger charge is -2.34. The quantitative estimate of drug-likeness (QED) is 0.106. The number of rotatable bonds is 25. The van der Waals surface area contributed by atoms with E-state index in [1.807, 2.05) is 27.7 Å². The Hall–Kier alpha value is 0.620. The summed E-state index contributed by atoms with van der Waals surface area (Å²) in [6.45, 7) is 14.6. The molecule has 0 bridgehead atoms. The van der Waals surface area contributed by atoms with Crippen molar-refractivity contribution >= 4 is 17.2 Å². The van der Waals surface area contributed by atoms with Crippen LogP contribution in [0, 0.1) is 0 Å². The van der Waals surface area contributed by atoms with E-state index < -0.39 is 0 Å². The van der Waals surface area contributed by atoms with Gasteiger partial charge in [-0.25, -0.2) is 0 Å². The van der Waals surface area contributed by atoms with Crippen LogP contribution >= 0.6 is 17.2 Å². The predicted molar refractivity (Wildman–Crippen MR) is 141 cm³/mol. The van der Waals surface area contributed by atoms with E-state index in [-0.39, 0.29) is 18.2 Å². The SMILES string of the molecule is CCCOC(CCN)(CCPCCC(OCC)OCC)CCPCCC(OCC)OCC. The molecule has 194 valence electrons. The monoisotopic (exact) mass is 497 g/mol. The van der Waals surface area contributed by atoms with Gasteiger partial charge >= 0.3 is 0 Å². The molecule has 0 fully saturated rings. The Balaban J connectivity index is 4.50. The molecule has 0 radical (unpaired) electrons. The summed E-state index contributed by atoms with van der Waals surface area (Å²) in [7, 11) is 1.81. The molecule has 32 heavy (non-hydrogen) atoms. The highest BCUT2D eigenvalue weighted by Crippen LogP contribution is 2.32. The predicted octanol–water partition coefficient (Wildman–Crippen LogP) is 5.22. The van der Waals surface area contributed by atoms with Crippen LogP contribution in [0.25, 0.3) is 0 Å². The van der Waals surface area contributed by atoms with Gasteiger partial charge in [-0.15, -0.1) is 17.2 Å². The van der Waals surface area contributed by atoms with E-state index in [1.54, 1.807) is 0 Å². The van der Waals surface area contributed by atoms with Gasteiger partial charge in [0.05, 0.1) is 5.60 Å². The van der Waals surface area contributed by atoms with Crippen LogP contribution < -0.4 is 5.73 Å². The van der Waals surface area contributed by atoms with Gasteiger partial charge in [0.15, 0.2) is 12.6 Å². The van der Waals surface area contributed by atoms with E-state index >= 15 is 0 Å². The zero-order valence-electron chi connectivity index (χ0n) is 21.6. The molecule has 0 spiro atoms. The first-order chi connectivity index (χ1) is 15.6. The van der Waals surface area contributed by atoms with Crippen LogP contribution in [0.2, 0.25) is 0 Å². The molecule has 0 aromatic heterocycles. The maximum atomic E-state index is 6.46. The van der Waals surface area contributed by atoms with Crippen LogP contribution in [0.1, 0.15) is 73.1 Å². The minimum absolute atomic E-state index is 0.0546.